The Bertz CT molecular complexity index is 621. The lowest BCUT2D eigenvalue weighted by Gasteiger charge is -2.10. The second-order valence-corrected chi connectivity index (χ2v) is 4.77. The van der Waals surface area contributed by atoms with Gasteiger partial charge in [-0.2, -0.15) is 0 Å². The van der Waals surface area contributed by atoms with E-state index in [2.05, 4.69) is 17.9 Å². The first-order chi connectivity index (χ1) is 9.66. The minimum absolute atomic E-state index is 0.0422. The second-order valence-electron chi connectivity index (χ2n) is 4.77. The first kappa shape index (κ1) is 14.2. The summed E-state index contributed by atoms with van der Waals surface area (Å²) < 4.78 is 5.68. The van der Waals surface area contributed by atoms with Crippen LogP contribution in [0.4, 0.5) is 0 Å². The van der Waals surface area contributed by atoms with Gasteiger partial charge in [-0.1, -0.05) is 42.2 Å². The molecule has 2 rings (SSSR count). The summed E-state index contributed by atoms with van der Waals surface area (Å²) in [6.07, 6.45) is 0. The van der Waals surface area contributed by atoms with Crippen molar-refractivity contribution < 1.29 is 4.74 Å². The van der Waals surface area contributed by atoms with E-state index in [1.807, 2.05) is 56.3 Å². The van der Waals surface area contributed by atoms with Crippen LogP contribution in [-0.4, -0.2) is 6.61 Å². The smallest absolute Gasteiger partial charge is 0.149 e. The SMILES string of the molecule is Cc1cc([C@@H](C)N)ccc1OCC#Cc1ccccc1. The van der Waals surface area contributed by atoms with Crippen molar-refractivity contribution in [2.75, 3.05) is 6.61 Å². The van der Waals surface area contributed by atoms with Crippen molar-refractivity contribution >= 4 is 0 Å². The summed E-state index contributed by atoms with van der Waals surface area (Å²) in [5.41, 5.74) is 9.06. The van der Waals surface area contributed by atoms with Crippen LogP contribution in [0.1, 0.15) is 29.7 Å². The zero-order valence-corrected chi connectivity index (χ0v) is 11.9. The summed E-state index contributed by atoms with van der Waals surface area (Å²) in [5, 5.41) is 0. The van der Waals surface area contributed by atoms with Gasteiger partial charge >= 0.3 is 0 Å². The Balaban J connectivity index is 1.97. The topological polar surface area (TPSA) is 35.2 Å². The van der Waals surface area contributed by atoms with Crippen LogP contribution in [0.3, 0.4) is 0 Å². The zero-order chi connectivity index (χ0) is 14.4. The van der Waals surface area contributed by atoms with E-state index in [4.69, 9.17) is 10.5 Å². The highest BCUT2D eigenvalue weighted by Gasteiger charge is 2.03. The maximum atomic E-state index is 5.86. The van der Waals surface area contributed by atoms with Crippen molar-refractivity contribution in [3.63, 3.8) is 0 Å². The molecule has 0 aliphatic heterocycles. The van der Waals surface area contributed by atoms with Gasteiger partial charge in [0.05, 0.1) is 0 Å². The highest BCUT2D eigenvalue weighted by molar-refractivity contribution is 5.38. The van der Waals surface area contributed by atoms with Crippen LogP contribution in [0.25, 0.3) is 0 Å². The highest BCUT2D eigenvalue weighted by atomic mass is 16.5. The molecular formula is C18H19NO. The minimum atomic E-state index is 0.0422. The molecule has 0 radical (unpaired) electrons. The summed E-state index contributed by atoms with van der Waals surface area (Å²) in [6.45, 7) is 4.37. The third-order valence-corrected chi connectivity index (χ3v) is 3.03. The molecule has 0 saturated carbocycles. The van der Waals surface area contributed by atoms with Gasteiger partial charge in [0.15, 0.2) is 0 Å². The third kappa shape index (κ3) is 3.88. The van der Waals surface area contributed by atoms with Gasteiger partial charge in [0.25, 0.3) is 0 Å². The minimum Gasteiger partial charge on any atom is -0.481 e. The van der Waals surface area contributed by atoms with Crippen molar-refractivity contribution in [3.05, 3.63) is 65.2 Å². The number of ether oxygens (including phenoxy) is 1. The van der Waals surface area contributed by atoms with Gasteiger partial charge in [-0.3, -0.25) is 0 Å². The fourth-order valence-corrected chi connectivity index (χ4v) is 1.89. The lowest BCUT2D eigenvalue weighted by atomic mass is 10.1. The van der Waals surface area contributed by atoms with Crippen molar-refractivity contribution in [2.45, 2.75) is 19.9 Å². The predicted octanol–water partition coefficient (Wildman–Crippen LogP) is 3.45. The van der Waals surface area contributed by atoms with Crippen molar-refractivity contribution in [1.82, 2.24) is 0 Å². The zero-order valence-electron chi connectivity index (χ0n) is 11.9. The molecule has 0 heterocycles. The molecule has 2 aromatic rings. The standard InChI is InChI=1S/C18H19NO/c1-14-13-17(15(2)19)10-11-18(14)20-12-6-9-16-7-4-3-5-8-16/h3-5,7-8,10-11,13,15H,12,19H2,1-2H3/t15-/m1/s1. The Hall–Kier alpha value is -2.24. The fraction of sp³-hybridized carbons (Fsp3) is 0.222. The van der Waals surface area contributed by atoms with Crippen molar-refractivity contribution in [3.8, 4) is 17.6 Å². The van der Waals surface area contributed by atoms with Crippen LogP contribution < -0.4 is 10.5 Å². The van der Waals surface area contributed by atoms with Gasteiger partial charge in [-0.25, -0.2) is 0 Å². The molecule has 0 aliphatic rings. The van der Waals surface area contributed by atoms with Crippen LogP contribution in [0, 0.1) is 18.8 Å². The number of benzene rings is 2. The van der Waals surface area contributed by atoms with Gasteiger partial charge in [0.2, 0.25) is 0 Å². The van der Waals surface area contributed by atoms with E-state index >= 15 is 0 Å². The molecular weight excluding hydrogens is 246 g/mol. The van der Waals surface area contributed by atoms with Crippen LogP contribution >= 0.6 is 0 Å². The number of rotatable bonds is 3. The Morgan fingerprint density at radius 2 is 1.90 bits per heavy atom. The van der Waals surface area contributed by atoms with E-state index in [9.17, 15) is 0 Å². The van der Waals surface area contributed by atoms with E-state index in [1.54, 1.807) is 0 Å². The second kappa shape index (κ2) is 6.79. The average Bonchev–Trinajstić information content (AvgIpc) is 2.46. The van der Waals surface area contributed by atoms with Gasteiger partial charge in [0, 0.05) is 11.6 Å². The monoisotopic (exact) mass is 265 g/mol. The van der Waals surface area contributed by atoms with Crippen molar-refractivity contribution in [2.24, 2.45) is 5.73 Å². The molecule has 2 heteroatoms. The summed E-state index contributed by atoms with van der Waals surface area (Å²) in [5.74, 6) is 6.94. The number of hydrogen-bond acceptors (Lipinski definition) is 2. The Kier molecular flexibility index (Phi) is 4.81. The molecule has 0 amide bonds. The molecule has 0 fully saturated rings. The molecule has 2 aromatic carbocycles. The van der Waals surface area contributed by atoms with E-state index in [1.165, 1.54) is 0 Å². The summed E-state index contributed by atoms with van der Waals surface area (Å²) in [4.78, 5) is 0. The largest absolute Gasteiger partial charge is 0.481 e. The highest BCUT2D eigenvalue weighted by Crippen LogP contribution is 2.21. The van der Waals surface area contributed by atoms with Gasteiger partial charge in [-0.15, -0.1) is 0 Å². The molecule has 2 nitrogen and oxygen atoms in total. The van der Waals surface area contributed by atoms with Gasteiger partial charge < -0.3 is 10.5 Å². The summed E-state index contributed by atoms with van der Waals surface area (Å²) in [6, 6.07) is 15.9. The lowest BCUT2D eigenvalue weighted by Crippen LogP contribution is -2.05. The van der Waals surface area contributed by atoms with E-state index < -0.39 is 0 Å². The number of hydrogen-bond donors (Lipinski definition) is 1. The quantitative estimate of drug-likeness (QED) is 0.863. The first-order valence-corrected chi connectivity index (χ1v) is 6.69. The van der Waals surface area contributed by atoms with E-state index in [0.717, 1.165) is 22.4 Å². The normalized spacial score (nSPS) is 11.3. The molecule has 0 aliphatic carbocycles. The molecule has 2 N–H and O–H groups in total. The summed E-state index contributed by atoms with van der Waals surface area (Å²) >= 11 is 0. The van der Waals surface area contributed by atoms with Crippen molar-refractivity contribution in [1.29, 1.82) is 0 Å². The predicted molar refractivity (Wildman–Crippen MR) is 82.6 cm³/mol. The molecule has 0 unspecified atom stereocenters. The first-order valence-electron chi connectivity index (χ1n) is 6.69. The molecule has 0 saturated heterocycles. The van der Waals surface area contributed by atoms with Crippen LogP contribution in [0.2, 0.25) is 0 Å². The van der Waals surface area contributed by atoms with E-state index in [0.29, 0.717) is 6.61 Å². The fourth-order valence-electron chi connectivity index (χ4n) is 1.89. The maximum Gasteiger partial charge on any atom is 0.149 e. The maximum absolute atomic E-state index is 5.86. The van der Waals surface area contributed by atoms with Gasteiger partial charge in [0.1, 0.15) is 12.4 Å². The Morgan fingerprint density at radius 1 is 1.15 bits per heavy atom. The molecule has 102 valence electrons. The third-order valence-electron chi connectivity index (χ3n) is 3.03. The molecule has 0 bridgehead atoms. The number of nitrogens with two attached hydrogens (primary N) is 1. The van der Waals surface area contributed by atoms with Crippen LogP contribution in [0.15, 0.2) is 48.5 Å². The van der Waals surface area contributed by atoms with Gasteiger partial charge in [-0.05, 0) is 43.2 Å². The Labute approximate surface area is 120 Å². The van der Waals surface area contributed by atoms with Crippen LogP contribution in [0.5, 0.6) is 5.75 Å². The molecule has 0 spiro atoms. The molecule has 0 aromatic heterocycles. The average molecular weight is 265 g/mol. The van der Waals surface area contributed by atoms with Crippen LogP contribution in [-0.2, 0) is 0 Å². The Morgan fingerprint density at radius 3 is 2.55 bits per heavy atom. The van der Waals surface area contributed by atoms with E-state index in [-0.39, 0.29) is 6.04 Å². The molecule has 20 heavy (non-hydrogen) atoms. The number of aryl methyl sites for hydroxylation is 1. The lowest BCUT2D eigenvalue weighted by molar-refractivity contribution is 0.367. The summed E-state index contributed by atoms with van der Waals surface area (Å²) in [7, 11) is 0. The molecule has 1 atom stereocenters.